The average molecular weight is 310 g/mol. The summed E-state index contributed by atoms with van der Waals surface area (Å²) in [7, 11) is 1.61. The molecule has 3 N–H and O–H groups in total. The molecule has 21 heavy (non-hydrogen) atoms. The number of H-pyrrole nitrogens is 1. The predicted octanol–water partition coefficient (Wildman–Crippen LogP) is 2.06. The van der Waals surface area contributed by atoms with Gasteiger partial charge in [0.2, 0.25) is 5.91 Å². The molecule has 1 aromatic heterocycles. The second-order valence-electron chi connectivity index (χ2n) is 4.73. The van der Waals surface area contributed by atoms with Crippen LogP contribution in [0.4, 0.5) is 0 Å². The number of benzene rings is 1. The van der Waals surface area contributed by atoms with Crippen LogP contribution in [0.5, 0.6) is 0 Å². The molecular formula is C15H20ClN3O2. The van der Waals surface area contributed by atoms with Crippen LogP contribution in [-0.4, -0.2) is 37.7 Å². The summed E-state index contributed by atoms with van der Waals surface area (Å²) in [5.74, 6) is 0.0160. The van der Waals surface area contributed by atoms with Crippen molar-refractivity contribution in [3.05, 3.63) is 35.0 Å². The largest absolute Gasteiger partial charge is 0.383 e. The van der Waals surface area contributed by atoms with E-state index in [1.165, 1.54) is 0 Å². The maximum Gasteiger partial charge on any atom is 0.221 e. The second-order valence-corrected chi connectivity index (χ2v) is 5.11. The first-order valence-corrected chi connectivity index (χ1v) is 7.31. The molecule has 114 valence electrons. The lowest BCUT2D eigenvalue weighted by Crippen LogP contribution is -2.30. The highest BCUT2D eigenvalue weighted by atomic mass is 35.5. The fourth-order valence-corrected chi connectivity index (χ4v) is 2.36. The van der Waals surface area contributed by atoms with Crippen LogP contribution in [-0.2, 0) is 16.1 Å². The molecule has 2 aromatic rings. The minimum Gasteiger partial charge on any atom is -0.383 e. The topological polar surface area (TPSA) is 66.2 Å². The molecule has 1 aromatic carbocycles. The Hall–Kier alpha value is -1.56. The number of ether oxygens (including phenoxy) is 1. The van der Waals surface area contributed by atoms with Crippen LogP contribution in [0.2, 0.25) is 5.02 Å². The van der Waals surface area contributed by atoms with Crippen molar-refractivity contribution in [2.45, 2.75) is 13.0 Å². The van der Waals surface area contributed by atoms with Crippen LogP contribution < -0.4 is 10.6 Å². The molecule has 1 amide bonds. The zero-order chi connectivity index (χ0) is 15.1. The van der Waals surface area contributed by atoms with E-state index in [2.05, 4.69) is 15.6 Å². The van der Waals surface area contributed by atoms with E-state index in [1.807, 2.05) is 24.3 Å². The number of rotatable bonds is 8. The normalized spacial score (nSPS) is 11.0. The van der Waals surface area contributed by atoms with Crippen molar-refractivity contribution in [3.8, 4) is 0 Å². The lowest BCUT2D eigenvalue weighted by Gasteiger charge is -2.05. The van der Waals surface area contributed by atoms with Gasteiger partial charge < -0.3 is 20.4 Å². The van der Waals surface area contributed by atoms with Crippen molar-refractivity contribution in [3.63, 3.8) is 0 Å². The molecule has 0 atom stereocenters. The van der Waals surface area contributed by atoms with E-state index in [0.29, 0.717) is 32.7 Å². The summed E-state index contributed by atoms with van der Waals surface area (Å²) in [5.41, 5.74) is 1.97. The van der Waals surface area contributed by atoms with Crippen LogP contribution in [0, 0.1) is 0 Å². The van der Waals surface area contributed by atoms with Gasteiger partial charge in [0.1, 0.15) is 0 Å². The minimum absolute atomic E-state index is 0.0160. The van der Waals surface area contributed by atoms with Crippen molar-refractivity contribution >= 4 is 28.4 Å². The molecular weight excluding hydrogens is 290 g/mol. The molecule has 6 heteroatoms. The van der Waals surface area contributed by atoms with Gasteiger partial charge in [0.25, 0.3) is 0 Å². The highest BCUT2D eigenvalue weighted by molar-refractivity contribution is 6.36. The highest BCUT2D eigenvalue weighted by Gasteiger charge is 2.08. The Morgan fingerprint density at radius 2 is 2.14 bits per heavy atom. The van der Waals surface area contributed by atoms with Gasteiger partial charge in [-0.3, -0.25) is 4.79 Å². The monoisotopic (exact) mass is 309 g/mol. The molecule has 0 radical (unpaired) electrons. The fourth-order valence-electron chi connectivity index (χ4n) is 2.08. The van der Waals surface area contributed by atoms with Crippen LogP contribution in [0.15, 0.2) is 24.3 Å². The molecule has 0 aliphatic heterocycles. The number of carbonyl (C=O) groups is 1. The average Bonchev–Trinajstić information content (AvgIpc) is 2.81. The molecule has 2 rings (SSSR count). The summed E-state index contributed by atoms with van der Waals surface area (Å²) < 4.78 is 4.87. The summed E-state index contributed by atoms with van der Waals surface area (Å²) in [4.78, 5) is 14.8. The molecule has 0 aliphatic carbocycles. The van der Waals surface area contributed by atoms with Crippen LogP contribution in [0.25, 0.3) is 10.9 Å². The third-order valence-electron chi connectivity index (χ3n) is 3.17. The quantitative estimate of drug-likeness (QED) is 0.654. The first-order valence-electron chi connectivity index (χ1n) is 6.94. The van der Waals surface area contributed by atoms with E-state index < -0.39 is 0 Å². The Labute approximate surface area is 129 Å². The summed E-state index contributed by atoms with van der Waals surface area (Å²) >= 11 is 6.32. The van der Waals surface area contributed by atoms with Crippen molar-refractivity contribution in [1.29, 1.82) is 0 Å². The number of para-hydroxylation sites is 1. The van der Waals surface area contributed by atoms with Crippen LogP contribution in [0.3, 0.4) is 0 Å². The molecule has 0 aliphatic rings. The van der Waals surface area contributed by atoms with E-state index >= 15 is 0 Å². The van der Waals surface area contributed by atoms with Gasteiger partial charge in [0, 0.05) is 49.8 Å². The number of hydrogen-bond acceptors (Lipinski definition) is 3. The molecule has 0 fully saturated rings. The number of nitrogens with one attached hydrogen (secondary N) is 3. The summed E-state index contributed by atoms with van der Waals surface area (Å²) in [6.07, 6.45) is 0.432. The summed E-state index contributed by atoms with van der Waals surface area (Å²) in [5, 5.41) is 7.75. The molecule has 5 nitrogen and oxygen atoms in total. The number of fused-ring (bicyclic) bond motifs is 1. The van der Waals surface area contributed by atoms with Gasteiger partial charge >= 0.3 is 0 Å². The number of halogens is 1. The Balaban J connectivity index is 1.75. The molecule has 0 spiro atoms. The first kappa shape index (κ1) is 15.8. The maximum absolute atomic E-state index is 11.5. The van der Waals surface area contributed by atoms with Gasteiger partial charge in [-0.25, -0.2) is 0 Å². The number of amides is 1. The molecule has 0 saturated heterocycles. The highest BCUT2D eigenvalue weighted by Crippen LogP contribution is 2.26. The summed E-state index contributed by atoms with van der Waals surface area (Å²) in [6.45, 7) is 2.29. The van der Waals surface area contributed by atoms with Crippen LogP contribution >= 0.6 is 11.6 Å². The predicted molar refractivity (Wildman–Crippen MR) is 84.5 cm³/mol. The lowest BCUT2D eigenvalue weighted by atomic mass is 10.2. The lowest BCUT2D eigenvalue weighted by molar-refractivity contribution is -0.121. The fraction of sp³-hybridized carbons (Fsp3) is 0.400. The smallest absolute Gasteiger partial charge is 0.221 e. The molecule has 0 unspecified atom stereocenters. The second kappa shape index (κ2) is 8.02. The van der Waals surface area contributed by atoms with Gasteiger partial charge in [-0.05, 0) is 6.07 Å². The number of hydrogen-bond donors (Lipinski definition) is 3. The van der Waals surface area contributed by atoms with E-state index in [9.17, 15) is 4.79 Å². The zero-order valence-corrected chi connectivity index (χ0v) is 12.8. The van der Waals surface area contributed by atoms with Gasteiger partial charge in [0.05, 0.1) is 11.6 Å². The van der Waals surface area contributed by atoms with Gasteiger partial charge in [0.15, 0.2) is 0 Å². The maximum atomic E-state index is 11.5. The standard InChI is InChI=1S/C15H20ClN3O2/c1-21-9-8-18-14(20)6-7-17-10-13-15(16)11-4-2-3-5-12(11)19-13/h2-5,17,19H,6-10H2,1H3,(H,18,20). The number of aromatic nitrogens is 1. The number of methoxy groups -OCH3 is 1. The van der Waals surface area contributed by atoms with Gasteiger partial charge in [-0.1, -0.05) is 29.8 Å². The van der Waals surface area contributed by atoms with Crippen molar-refractivity contribution < 1.29 is 9.53 Å². The Bertz CT molecular complexity index is 598. The SMILES string of the molecule is COCCNC(=O)CCNCc1[nH]c2ccccc2c1Cl. The first-order chi connectivity index (χ1) is 10.2. The Morgan fingerprint density at radius 1 is 1.33 bits per heavy atom. The van der Waals surface area contributed by atoms with E-state index in [1.54, 1.807) is 7.11 Å². The number of carbonyl (C=O) groups excluding carboxylic acids is 1. The Kier molecular flexibility index (Phi) is 6.04. The summed E-state index contributed by atoms with van der Waals surface area (Å²) in [6, 6.07) is 7.91. The zero-order valence-electron chi connectivity index (χ0n) is 12.0. The Morgan fingerprint density at radius 3 is 2.90 bits per heavy atom. The van der Waals surface area contributed by atoms with Gasteiger partial charge in [-0.2, -0.15) is 0 Å². The third kappa shape index (κ3) is 4.46. The molecule has 0 bridgehead atoms. The third-order valence-corrected chi connectivity index (χ3v) is 3.60. The number of aromatic amines is 1. The van der Waals surface area contributed by atoms with Crippen molar-refractivity contribution in [2.24, 2.45) is 0 Å². The minimum atomic E-state index is 0.0160. The molecule has 1 heterocycles. The molecule has 0 saturated carbocycles. The van der Waals surface area contributed by atoms with Crippen LogP contribution in [0.1, 0.15) is 12.1 Å². The van der Waals surface area contributed by atoms with E-state index in [0.717, 1.165) is 21.6 Å². The van der Waals surface area contributed by atoms with Crippen molar-refractivity contribution in [2.75, 3.05) is 26.8 Å². The van der Waals surface area contributed by atoms with Gasteiger partial charge in [-0.15, -0.1) is 0 Å². The van der Waals surface area contributed by atoms with E-state index in [4.69, 9.17) is 16.3 Å². The van der Waals surface area contributed by atoms with E-state index in [-0.39, 0.29) is 5.91 Å². The van der Waals surface area contributed by atoms with Crippen molar-refractivity contribution in [1.82, 2.24) is 15.6 Å².